The third-order valence-electron chi connectivity index (χ3n) is 3.69. The van der Waals surface area contributed by atoms with Crippen LogP contribution in [0.15, 0.2) is 0 Å². The Balaban J connectivity index is 0. The van der Waals surface area contributed by atoms with Crippen molar-refractivity contribution in [2.45, 2.75) is 69.0 Å². The molecule has 0 saturated heterocycles. The first-order valence-corrected chi connectivity index (χ1v) is 9.49. The third kappa shape index (κ3) is 23.5. The zero-order chi connectivity index (χ0) is 16.3. The van der Waals surface area contributed by atoms with Gasteiger partial charge < -0.3 is 0 Å². The van der Waals surface area contributed by atoms with Crippen molar-refractivity contribution in [3.8, 4) is 0 Å². The van der Waals surface area contributed by atoms with Crippen LogP contribution < -0.4 is 0 Å². The molecule has 0 aromatic rings. The predicted octanol–water partition coefficient (Wildman–Crippen LogP) is 3.78. The van der Waals surface area contributed by atoms with Crippen LogP contribution in [-0.2, 0) is 0 Å². The third-order valence-corrected chi connectivity index (χ3v) is 3.69. The van der Waals surface area contributed by atoms with Crippen LogP contribution in [0.5, 0.6) is 0 Å². The second kappa shape index (κ2) is 21.1. The zero-order valence-corrected chi connectivity index (χ0v) is 16.1. The first-order valence-electron chi connectivity index (χ1n) is 9.49. The summed E-state index contributed by atoms with van der Waals surface area (Å²) in [5.74, 6) is 0. The predicted molar refractivity (Wildman–Crippen MR) is 99.8 cm³/mol. The molecule has 0 aliphatic rings. The Morgan fingerprint density at radius 3 is 1.48 bits per heavy atom. The normalized spacial score (nSPS) is 11.0. The molecule has 0 bridgehead atoms. The number of nitrogens with zero attached hydrogens (tertiary/aromatic N) is 2. The van der Waals surface area contributed by atoms with Gasteiger partial charge in [-0.15, -0.1) is 0 Å². The molecule has 0 amide bonds. The van der Waals surface area contributed by atoms with Gasteiger partial charge >= 0.3 is 154 Å². The maximum atomic E-state index is 2.64. The molecular weight excluding hydrogens is 246 g/mol. The van der Waals surface area contributed by atoms with Gasteiger partial charge in [0.05, 0.1) is 0 Å². The molecule has 0 saturated carbocycles. The summed E-state index contributed by atoms with van der Waals surface area (Å²) in [6.07, 6.45) is 9.49. The van der Waals surface area contributed by atoms with E-state index in [9.17, 15) is 0 Å². The summed E-state index contributed by atoms with van der Waals surface area (Å²) < 4.78 is 0. The average molecular weight is 284 g/mol. The van der Waals surface area contributed by atoms with E-state index < -0.39 is 0 Å². The van der Waals surface area contributed by atoms with Crippen LogP contribution in [0, 0.1) is 0 Å². The molecule has 0 atom stereocenters. The molecule has 0 aromatic heterocycles. The molecule has 0 radical (unpaired) electrons. The molecule has 0 N–H and O–H groups in total. The molecule has 0 heterocycles. The van der Waals surface area contributed by atoms with Crippen LogP contribution >= 0.6 is 0 Å². The van der Waals surface area contributed by atoms with E-state index >= 15 is 0 Å². The van der Waals surface area contributed by atoms with Crippen molar-refractivity contribution < 1.29 is 0 Å². The van der Waals surface area contributed by atoms with Gasteiger partial charge in [-0.3, -0.25) is 0 Å². The van der Waals surface area contributed by atoms with E-state index in [1.54, 1.807) is 0 Å². The van der Waals surface area contributed by atoms with Crippen molar-refractivity contribution >= 4 is 35.4 Å². The molecular formula is C17H38Li2N2. The van der Waals surface area contributed by atoms with Crippen LogP contribution in [0.2, 0.25) is 10.2 Å². The van der Waals surface area contributed by atoms with Gasteiger partial charge in [0, 0.05) is 0 Å². The number of unbranched alkanes of at least 4 members (excludes halogenated alkanes) is 3. The van der Waals surface area contributed by atoms with E-state index in [1.807, 2.05) is 0 Å². The Hall–Kier alpha value is 1.11. The summed E-state index contributed by atoms with van der Waals surface area (Å²) in [6, 6.07) is 0. The van der Waals surface area contributed by atoms with Crippen molar-refractivity contribution in [2.24, 2.45) is 0 Å². The average Bonchev–Trinajstić information content (AvgIpc) is 2.47. The van der Waals surface area contributed by atoms with Crippen LogP contribution in [0.3, 0.4) is 0 Å². The quantitative estimate of drug-likeness (QED) is 0.375. The number of rotatable bonds is 13. The summed E-state index contributed by atoms with van der Waals surface area (Å²) in [5.41, 5.74) is 0. The fourth-order valence-corrected chi connectivity index (χ4v) is 2.16. The summed E-state index contributed by atoms with van der Waals surface area (Å²) in [7, 11) is 4.24. The first kappa shape index (κ1) is 24.4. The van der Waals surface area contributed by atoms with Gasteiger partial charge in [0.15, 0.2) is 0 Å². The summed E-state index contributed by atoms with van der Waals surface area (Å²) in [4.78, 5) is 4.87. The molecule has 0 fully saturated rings. The van der Waals surface area contributed by atoms with Crippen molar-refractivity contribution in [1.82, 2.24) is 9.80 Å². The molecule has 2 nitrogen and oxygen atoms in total. The zero-order valence-electron chi connectivity index (χ0n) is 16.1. The van der Waals surface area contributed by atoms with Gasteiger partial charge in [0.1, 0.15) is 0 Å². The van der Waals surface area contributed by atoms with Crippen LogP contribution in [0.25, 0.3) is 0 Å². The minimum atomic E-state index is 1.24. The molecule has 0 aromatic carbocycles. The Labute approximate surface area is 154 Å². The standard InChI is InChI=1S/C11H24N.C6H14N.2Li/c1-4-7-10-12(9-6-3)11-8-5-2;1-4-5-6-7(2)3;;/h3-11H2,1-2H3;1,4-6H2,2-3H3;;. The molecule has 21 heavy (non-hydrogen) atoms. The molecule has 4 heteroatoms. The molecule has 0 spiro atoms. The summed E-state index contributed by atoms with van der Waals surface area (Å²) in [5, 5.41) is 2.66. The second-order valence-corrected chi connectivity index (χ2v) is 6.41. The number of hydrogen-bond acceptors (Lipinski definition) is 2. The van der Waals surface area contributed by atoms with Gasteiger partial charge in [0.25, 0.3) is 0 Å². The summed E-state index contributed by atoms with van der Waals surface area (Å²) in [6.45, 7) is 9.74. The number of hydrogen-bond donors (Lipinski definition) is 0. The Morgan fingerprint density at radius 2 is 1.10 bits per heavy atom. The molecule has 0 aliphatic carbocycles. The fraction of sp³-hybridized carbons (Fsp3) is 1.00. The van der Waals surface area contributed by atoms with E-state index in [0.717, 1.165) is 0 Å². The van der Waals surface area contributed by atoms with E-state index in [0.29, 0.717) is 0 Å². The Bertz CT molecular complexity index is 159. The Morgan fingerprint density at radius 1 is 0.619 bits per heavy atom. The monoisotopic (exact) mass is 284 g/mol. The van der Waals surface area contributed by atoms with Crippen molar-refractivity contribution in [2.75, 3.05) is 40.3 Å². The van der Waals surface area contributed by atoms with Crippen LogP contribution in [0.1, 0.15) is 58.8 Å². The van der Waals surface area contributed by atoms with Gasteiger partial charge in [-0.1, -0.05) is 0 Å². The van der Waals surface area contributed by atoms with Crippen LogP contribution in [-0.4, -0.2) is 85.5 Å². The van der Waals surface area contributed by atoms with E-state index in [-0.39, 0.29) is 0 Å². The molecule has 0 rings (SSSR count). The van der Waals surface area contributed by atoms with Gasteiger partial charge in [-0.05, 0) is 0 Å². The Kier molecular flexibility index (Phi) is 24.5. The van der Waals surface area contributed by atoms with Gasteiger partial charge in [-0.2, -0.15) is 0 Å². The fourth-order valence-electron chi connectivity index (χ4n) is 2.16. The van der Waals surface area contributed by atoms with Crippen molar-refractivity contribution in [3.05, 3.63) is 0 Å². The minimum absolute atomic E-state index is 1.24. The van der Waals surface area contributed by atoms with E-state index in [1.165, 1.54) is 81.3 Å². The first-order chi connectivity index (χ1) is 10.1. The van der Waals surface area contributed by atoms with Gasteiger partial charge in [-0.25, -0.2) is 0 Å². The van der Waals surface area contributed by atoms with Gasteiger partial charge in [0.2, 0.25) is 0 Å². The van der Waals surface area contributed by atoms with Crippen molar-refractivity contribution in [1.29, 1.82) is 0 Å². The molecule has 0 aliphatic heterocycles. The topological polar surface area (TPSA) is 6.48 Å². The SMILES string of the molecule is [Li][CH2]CCCN(C)C.[Li][CH2]CCN(CCCC)CCCC. The molecule has 118 valence electrons. The van der Waals surface area contributed by atoms with E-state index in [4.69, 9.17) is 0 Å². The van der Waals surface area contributed by atoms with Crippen molar-refractivity contribution in [3.63, 3.8) is 0 Å². The molecule has 0 unspecified atom stereocenters. The van der Waals surface area contributed by atoms with Crippen LogP contribution in [0.4, 0.5) is 0 Å². The summed E-state index contributed by atoms with van der Waals surface area (Å²) >= 11 is 4.51. The van der Waals surface area contributed by atoms with E-state index in [2.05, 4.69) is 73.2 Å². The second-order valence-electron chi connectivity index (χ2n) is 6.41. The maximum absolute atomic E-state index is 2.64.